The van der Waals surface area contributed by atoms with E-state index in [1.54, 1.807) is 0 Å². The Kier molecular flexibility index (Phi) is 5.04. The van der Waals surface area contributed by atoms with E-state index in [0.717, 1.165) is 41.7 Å². The van der Waals surface area contributed by atoms with Gasteiger partial charge in [-0.15, -0.1) is 11.8 Å². The number of rotatable bonds is 6. The first-order valence-electron chi connectivity index (χ1n) is 8.40. The largest absolute Gasteiger partial charge is 0.486 e. The van der Waals surface area contributed by atoms with E-state index in [9.17, 15) is 0 Å². The molecule has 0 unspecified atom stereocenters. The van der Waals surface area contributed by atoms with E-state index in [4.69, 9.17) is 9.26 Å². The molecule has 2 aromatic carbocycles. The van der Waals surface area contributed by atoms with Crippen molar-refractivity contribution in [3.63, 3.8) is 0 Å². The van der Waals surface area contributed by atoms with Crippen molar-refractivity contribution in [1.82, 2.24) is 10.1 Å². The monoisotopic (exact) mass is 352 g/mol. The average Bonchev–Trinajstić information content (AvgIpc) is 3.33. The van der Waals surface area contributed by atoms with Crippen LogP contribution in [0.25, 0.3) is 11.3 Å². The molecule has 128 valence electrons. The van der Waals surface area contributed by atoms with Crippen LogP contribution in [0.5, 0.6) is 5.75 Å². The summed E-state index contributed by atoms with van der Waals surface area (Å²) in [6.07, 6.45) is 0. The Morgan fingerprint density at radius 3 is 2.84 bits per heavy atom. The Hall–Kier alpha value is -2.24. The zero-order chi connectivity index (χ0) is 16.9. The SMILES string of the molecule is c1ccc(-c2cc(COc3cccc(CN4CCSC4)c3)on2)cc1. The maximum atomic E-state index is 5.89. The first-order chi connectivity index (χ1) is 12.4. The molecule has 0 spiro atoms. The highest BCUT2D eigenvalue weighted by Crippen LogP contribution is 2.22. The van der Waals surface area contributed by atoms with E-state index in [1.165, 1.54) is 11.3 Å². The highest BCUT2D eigenvalue weighted by molar-refractivity contribution is 7.99. The summed E-state index contributed by atoms with van der Waals surface area (Å²) < 4.78 is 11.3. The van der Waals surface area contributed by atoms with Gasteiger partial charge in [0.15, 0.2) is 5.76 Å². The Labute approximate surface area is 151 Å². The summed E-state index contributed by atoms with van der Waals surface area (Å²) in [7, 11) is 0. The van der Waals surface area contributed by atoms with Crippen molar-refractivity contribution in [3.05, 3.63) is 72.0 Å². The molecule has 0 radical (unpaired) electrons. The third kappa shape index (κ3) is 4.24. The fourth-order valence-corrected chi connectivity index (χ4v) is 3.84. The lowest BCUT2D eigenvalue weighted by Crippen LogP contribution is -2.18. The second-order valence-corrected chi connectivity index (χ2v) is 7.15. The molecule has 4 nitrogen and oxygen atoms in total. The third-order valence-electron chi connectivity index (χ3n) is 4.14. The molecule has 1 fully saturated rings. The first kappa shape index (κ1) is 16.2. The van der Waals surface area contributed by atoms with E-state index in [-0.39, 0.29) is 0 Å². The predicted molar refractivity (Wildman–Crippen MR) is 100 cm³/mol. The van der Waals surface area contributed by atoms with Crippen molar-refractivity contribution in [2.45, 2.75) is 13.2 Å². The van der Waals surface area contributed by atoms with Gasteiger partial charge >= 0.3 is 0 Å². The lowest BCUT2D eigenvalue weighted by molar-refractivity contribution is 0.249. The van der Waals surface area contributed by atoms with Crippen molar-refractivity contribution in [1.29, 1.82) is 0 Å². The van der Waals surface area contributed by atoms with Crippen LogP contribution in [0.4, 0.5) is 0 Å². The average molecular weight is 352 g/mol. The van der Waals surface area contributed by atoms with E-state index >= 15 is 0 Å². The number of ether oxygens (including phenoxy) is 1. The zero-order valence-corrected chi connectivity index (χ0v) is 14.7. The van der Waals surface area contributed by atoms with Crippen molar-refractivity contribution in [2.24, 2.45) is 0 Å². The number of benzene rings is 2. The minimum atomic E-state index is 0.378. The van der Waals surface area contributed by atoms with Crippen LogP contribution in [0.2, 0.25) is 0 Å². The van der Waals surface area contributed by atoms with Gasteiger partial charge < -0.3 is 9.26 Å². The molecule has 3 aromatic rings. The summed E-state index contributed by atoms with van der Waals surface area (Å²) in [6, 6.07) is 20.2. The standard InChI is InChI=1S/C20H20N2O2S/c1-2-6-17(7-3-1)20-12-19(24-21-20)14-23-18-8-4-5-16(11-18)13-22-9-10-25-15-22/h1-8,11-12H,9-10,13-15H2. The van der Waals surface area contributed by atoms with Gasteiger partial charge in [0, 0.05) is 36.3 Å². The summed E-state index contributed by atoms with van der Waals surface area (Å²) in [6.45, 7) is 2.52. The molecule has 1 saturated heterocycles. The molecule has 1 aromatic heterocycles. The van der Waals surface area contributed by atoms with E-state index in [1.807, 2.05) is 60.3 Å². The predicted octanol–water partition coefficient (Wildman–Crippen LogP) is 4.43. The second-order valence-electron chi connectivity index (χ2n) is 6.07. The summed E-state index contributed by atoms with van der Waals surface area (Å²) in [5.41, 5.74) is 3.16. The molecule has 0 aliphatic carbocycles. The molecule has 0 bridgehead atoms. The van der Waals surface area contributed by atoms with E-state index in [0.29, 0.717) is 6.61 Å². The smallest absolute Gasteiger partial charge is 0.174 e. The second kappa shape index (κ2) is 7.76. The van der Waals surface area contributed by atoms with Gasteiger partial charge in [-0.25, -0.2) is 0 Å². The van der Waals surface area contributed by atoms with Crippen LogP contribution in [0.3, 0.4) is 0 Å². The highest BCUT2D eigenvalue weighted by atomic mass is 32.2. The van der Waals surface area contributed by atoms with Crippen LogP contribution in [0.15, 0.2) is 65.2 Å². The van der Waals surface area contributed by atoms with Gasteiger partial charge in [-0.1, -0.05) is 47.6 Å². The van der Waals surface area contributed by atoms with Crippen LogP contribution in [-0.4, -0.2) is 28.2 Å². The molecule has 0 atom stereocenters. The topological polar surface area (TPSA) is 38.5 Å². The van der Waals surface area contributed by atoms with Crippen LogP contribution in [-0.2, 0) is 13.2 Å². The fraction of sp³-hybridized carbons (Fsp3) is 0.250. The number of thioether (sulfide) groups is 1. The van der Waals surface area contributed by atoms with Gasteiger partial charge in [0.2, 0.25) is 0 Å². The number of hydrogen-bond donors (Lipinski definition) is 0. The summed E-state index contributed by atoms with van der Waals surface area (Å²) in [5, 5.41) is 4.12. The zero-order valence-electron chi connectivity index (χ0n) is 13.9. The van der Waals surface area contributed by atoms with Gasteiger partial charge in [0.05, 0.1) is 0 Å². The first-order valence-corrected chi connectivity index (χ1v) is 9.55. The lowest BCUT2D eigenvalue weighted by Gasteiger charge is -2.14. The quantitative estimate of drug-likeness (QED) is 0.656. The molecule has 25 heavy (non-hydrogen) atoms. The Morgan fingerprint density at radius 1 is 1.08 bits per heavy atom. The van der Waals surface area contributed by atoms with Crippen molar-refractivity contribution >= 4 is 11.8 Å². The fourth-order valence-electron chi connectivity index (χ4n) is 2.85. The molecule has 1 aliphatic heterocycles. The molecule has 0 N–H and O–H groups in total. The Balaban J connectivity index is 1.37. The van der Waals surface area contributed by atoms with Crippen LogP contribution < -0.4 is 4.74 Å². The molecule has 2 heterocycles. The van der Waals surface area contributed by atoms with Gasteiger partial charge in [0.1, 0.15) is 18.1 Å². The summed E-state index contributed by atoms with van der Waals surface area (Å²) in [5.74, 6) is 3.93. The minimum Gasteiger partial charge on any atom is -0.486 e. The van der Waals surface area contributed by atoms with Crippen molar-refractivity contribution in [3.8, 4) is 17.0 Å². The van der Waals surface area contributed by atoms with Crippen molar-refractivity contribution < 1.29 is 9.26 Å². The van der Waals surface area contributed by atoms with Crippen LogP contribution in [0, 0.1) is 0 Å². The normalized spacial score (nSPS) is 14.7. The molecular weight excluding hydrogens is 332 g/mol. The maximum Gasteiger partial charge on any atom is 0.174 e. The van der Waals surface area contributed by atoms with Gasteiger partial charge in [-0.2, -0.15) is 0 Å². The van der Waals surface area contributed by atoms with Crippen LogP contribution >= 0.6 is 11.8 Å². The third-order valence-corrected chi connectivity index (χ3v) is 5.16. The van der Waals surface area contributed by atoms with Gasteiger partial charge in [0.25, 0.3) is 0 Å². The lowest BCUT2D eigenvalue weighted by atomic mass is 10.1. The Bertz CT molecular complexity index is 813. The number of aromatic nitrogens is 1. The Morgan fingerprint density at radius 2 is 2.00 bits per heavy atom. The maximum absolute atomic E-state index is 5.89. The summed E-state index contributed by atoms with van der Waals surface area (Å²) in [4.78, 5) is 2.45. The molecule has 0 saturated carbocycles. The van der Waals surface area contributed by atoms with E-state index < -0.39 is 0 Å². The number of hydrogen-bond acceptors (Lipinski definition) is 5. The van der Waals surface area contributed by atoms with Crippen molar-refractivity contribution in [2.75, 3.05) is 18.2 Å². The number of nitrogens with zero attached hydrogens (tertiary/aromatic N) is 2. The molecule has 4 rings (SSSR count). The van der Waals surface area contributed by atoms with Gasteiger partial charge in [-0.3, -0.25) is 4.90 Å². The summed E-state index contributed by atoms with van der Waals surface area (Å²) >= 11 is 1.99. The molecule has 0 amide bonds. The van der Waals surface area contributed by atoms with E-state index in [2.05, 4.69) is 22.2 Å². The van der Waals surface area contributed by atoms with Gasteiger partial charge in [-0.05, 0) is 17.7 Å². The molecule has 5 heteroatoms. The van der Waals surface area contributed by atoms with Crippen LogP contribution in [0.1, 0.15) is 11.3 Å². The molecule has 1 aliphatic rings. The minimum absolute atomic E-state index is 0.378. The molecular formula is C20H20N2O2S. The highest BCUT2D eigenvalue weighted by Gasteiger charge is 2.12.